The van der Waals surface area contributed by atoms with Crippen molar-refractivity contribution in [3.63, 3.8) is 0 Å². The van der Waals surface area contributed by atoms with Crippen molar-refractivity contribution in [1.82, 2.24) is 4.90 Å². The highest BCUT2D eigenvalue weighted by molar-refractivity contribution is 5.20. The van der Waals surface area contributed by atoms with Crippen LogP contribution in [0.2, 0.25) is 0 Å². The number of hydrogen-bond donors (Lipinski definition) is 1. The lowest BCUT2D eigenvalue weighted by atomic mass is 10.1. The number of rotatable bonds is 9. The Bertz CT molecular complexity index is 692. The number of hydrogen-bond acceptors (Lipinski definition) is 3. The zero-order valence-corrected chi connectivity index (χ0v) is 15.0. The molecule has 2 rings (SSSR count). The zero-order chi connectivity index (χ0) is 19.1. The highest BCUT2D eigenvalue weighted by Gasteiger charge is 2.16. The van der Waals surface area contributed by atoms with E-state index in [1.165, 1.54) is 24.3 Å². The minimum Gasteiger partial charge on any atom is -0.389 e. The van der Waals surface area contributed by atoms with Crippen molar-refractivity contribution in [1.29, 1.82) is 0 Å². The van der Waals surface area contributed by atoms with Gasteiger partial charge in [0.15, 0.2) is 0 Å². The maximum absolute atomic E-state index is 14.0. The molecule has 0 aliphatic carbocycles. The topological polar surface area (TPSA) is 32.7 Å². The Morgan fingerprint density at radius 2 is 1.62 bits per heavy atom. The average Bonchev–Trinajstić information content (AvgIpc) is 2.57. The molecule has 0 amide bonds. The third-order valence-corrected chi connectivity index (χ3v) is 3.82. The first-order chi connectivity index (χ1) is 12.3. The summed E-state index contributed by atoms with van der Waals surface area (Å²) in [6.45, 7) is 4.70. The quantitative estimate of drug-likeness (QED) is 0.730. The summed E-state index contributed by atoms with van der Waals surface area (Å²) in [5.41, 5.74) is 1.15. The molecule has 0 heterocycles. The van der Waals surface area contributed by atoms with Gasteiger partial charge in [0.1, 0.15) is 17.5 Å². The van der Waals surface area contributed by atoms with E-state index >= 15 is 0 Å². The fourth-order valence-corrected chi connectivity index (χ4v) is 2.58. The molecule has 142 valence electrons. The summed E-state index contributed by atoms with van der Waals surface area (Å²) in [6.07, 6.45) is -0.772. The molecular formula is C20H24F3NO2. The molecule has 0 unspecified atom stereocenters. The minimum atomic E-state index is -0.763. The molecule has 26 heavy (non-hydrogen) atoms. The summed E-state index contributed by atoms with van der Waals surface area (Å²) >= 11 is 0. The van der Waals surface area contributed by atoms with E-state index < -0.39 is 17.7 Å². The standard InChI is InChI=1S/C20H24F3NO2/c1-14(2)26-13-19(25)12-24(10-15-3-6-17(21)7-4-15)11-16-5-8-18(22)9-20(16)23/h3-9,14,19,25H,10-13H2,1-2H3/t19-/m1/s1. The molecule has 0 spiro atoms. The Kier molecular flexibility index (Phi) is 7.63. The van der Waals surface area contributed by atoms with Gasteiger partial charge in [-0.3, -0.25) is 4.90 Å². The second kappa shape index (κ2) is 9.71. The summed E-state index contributed by atoms with van der Waals surface area (Å²) < 4.78 is 45.6. The Balaban J connectivity index is 2.10. The Labute approximate surface area is 152 Å². The first-order valence-electron chi connectivity index (χ1n) is 8.54. The first kappa shape index (κ1) is 20.4. The van der Waals surface area contributed by atoms with E-state index in [0.29, 0.717) is 12.1 Å². The average molecular weight is 367 g/mol. The van der Waals surface area contributed by atoms with Crippen molar-refractivity contribution in [3.05, 3.63) is 71.0 Å². The molecule has 6 heteroatoms. The van der Waals surface area contributed by atoms with Gasteiger partial charge < -0.3 is 9.84 Å². The molecule has 0 aliphatic heterocycles. The smallest absolute Gasteiger partial charge is 0.130 e. The second-order valence-electron chi connectivity index (χ2n) is 6.57. The molecule has 0 bridgehead atoms. The van der Waals surface area contributed by atoms with Crippen LogP contribution in [0, 0.1) is 17.5 Å². The second-order valence-corrected chi connectivity index (χ2v) is 6.57. The van der Waals surface area contributed by atoms with Crippen molar-refractivity contribution in [2.75, 3.05) is 13.2 Å². The van der Waals surface area contributed by atoms with Crippen LogP contribution in [0.25, 0.3) is 0 Å². The van der Waals surface area contributed by atoms with Gasteiger partial charge in [-0.25, -0.2) is 13.2 Å². The number of halogens is 3. The van der Waals surface area contributed by atoms with E-state index in [1.807, 2.05) is 18.7 Å². The predicted molar refractivity (Wildman–Crippen MR) is 94.0 cm³/mol. The molecule has 3 nitrogen and oxygen atoms in total. The van der Waals surface area contributed by atoms with Crippen LogP contribution in [0.1, 0.15) is 25.0 Å². The van der Waals surface area contributed by atoms with Crippen LogP contribution < -0.4 is 0 Å². The van der Waals surface area contributed by atoms with E-state index in [2.05, 4.69) is 0 Å². The fraction of sp³-hybridized carbons (Fsp3) is 0.400. The Hall–Kier alpha value is -1.89. The van der Waals surface area contributed by atoms with Crippen LogP contribution in [0.5, 0.6) is 0 Å². The molecule has 0 fully saturated rings. The van der Waals surface area contributed by atoms with Gasteiger partial charge in [0.05, 0.1) is 18.8 Å². The van der Waals surface area contributed by atoms with Gasteiger partial charge in [-0.2, -0.15) is 0 Å². The monoisotopic (exact) mass is 367 g/mol. The minimum absolute atomic E-state index is 0.00950. The lowest BCUT2D eigenvalue weighted by Crippen LogP contribution is -2.35. The van der Waals surface area contributed by atoms with Gasteiger partial charge >= 0.3 is 0 Å². The molecule has 2 aromatic carbocycles. The third kappa shape index (κ3) is 6.78. The van der Waals surface area contributed by atoms with Gasteiger partial charge in [-0.1, -0.05) is 18.2 Å². The summed E-state index contributed by atoms with van der Waals surface area (Å²) in [5.74, 6) is -1.61. The summed E-state index contributed by atoms with van der Waals surface area (Å²) in [5, 5.41) is 10.2. The van der Waals surface area contributed by atoms with Crippen LogP contribution in [0.3, 0.4) is 0 Å². The summed E-state index contributed by atoms with van der Waals surface area (Å²) in [6, 6.07) is 9.41. The molecule has 0 saturated carbocycles. The van der Waals surface area contributed by atoms with Crippen LogP contribution >= 0.6 is 0 Å². The zero-order valence-electron chi connectivity index (χ0n) is 15.0. The lowest BCUT2D eigenvalue weighted by Gasteiger charge is -2.26. The molecule has 0 aliphatic rings. The summed E-state index contributed by atoms with van der Waals surface area (Å²) in [7, 11) is 0. The Morgan fingerprint density at radius 3 is 2.23 bits per heavy atom. The highest BCUT2D eigenvalue weighted by Crippen LogP contribution is 2.15. The highest BCUT2D eigenvalue weighted by atomic mass is 19.1. The van der Waals surface area contributed by atoms with Gasteiger partial charge in [-0.15, -0.1) is 0 Å². The maximum Gasteiger partial charge on any atom is 0.130 e. The number of nitrogens with zero attached hydrogens (tertiary/aromatic N) is 1. The van der Waals surface area contributed by atoms with Crippen molar-refractivity contribution in [2.45, 2.75) is 39.1 Å². The Morgan fingerprint density at radius 1 is 0.962 bits per heavy atom. The predicted octanol–water partition coefficient (Wildman–Crippen LogP) is 3.89. The van der Waals surface area contributed by atoms with Gasteiger partial charge in [0.2, 0.25) is 0 Å². The van der Waals surface area contributed by atoms with Gasteiger partial charge in [0, 0.05) is 31.3 Å². The van der Waals surface area contributed by atoms with Crippen LogP contribution in [0.15, 0.2) is 42.5 Å². The molecule has 2 aromatic rings. The SMILES string of the molecule is CC(C)OC[C@H](O)CN(Cc1ccc(F)cc1)Cc1ccc(F)cc1F. The van der Waals surface area contributed by atoms with Crippen molar-refractivity contribution < 1.29 is 23.0 Å². The molecule has 1 N–H and O–H groups in total. The van der Waals surface area contributed by atoms with E-state index in [4.69, 9.17) is 4.74 Å². The molecular weight excluding hydrogens is 343 g/mol. The van der Waals surface area contributed by atoms with E-state index in [-0.39, 0.29) is 31.6 Å². The van der Waals surface area contributed by atoms with E-state index in [9.17, 15) is 18.3 Å². The van der Waals surface area contributed by atoms with Crippen molar-refractivity contribution >= 4 is 0 Å². The first-order valence-corrected chi connectivity index (χ1v) is 8.54. The fourth-order valence-electron chi connectivity index (χ4n) is 2.58. The number of ether oxygens (including phenoxy) is 1. The number of benzene rings is 2. The summed E-state index contributed by atoms with van der Waals surface area (Å²) in [4.78, 5) is 1.82. The van der Waals surface area contributed by atoms with Gasteiger partial charge in [0.25, 0.3) is 0 Å². The number of aliphatic hydroxyl groups is 1. The molecule has 0 radical (unpaired) electrons. The molecule has 1 atom stereocenters. The van der Waals surface area contributed by atoms with Crippen LogP contribution in [0.4, 0.5) is 13.2 Å². The third-order valence-electron chi connectivity index (χ3n) is 3.82. The van der Waals surface area contributed by atoms with Crippen LogP contribution in [-0.2, 0) is 17.8 Å². The van der Waals surface area contributed by atoms with Crippen molar-refractivity contribution in [3.8, 4) is 0 Å². The normalized spacial score (nSPS) is 12.8. The van der Waals surface area contributed by atoms with E-state index in [1.54, 1.807) is 12.1 Å². The maximum atomic E-state index is 14.0. The van der Waals surface area contributed by atoms with Gasteiger partial charge in [-0.05, 0) is 37.6 Å². The van der Waals surface area contributed by atoms with E-state index in [0.717, 1.165) is 11.6 Å². The molecule has 0 aromatic heterocycles. The largest absolute Gasteiger partial charge is 0.389 e. The molecule has 0 saturated heterocycles. The lowest BCUT2D eigenvalue weighted by molar-refractivity contribution is -0.0107. The van der Waals surface area contributed by atoms with Crippen molar-refractivity contribution in [2.24, 2.45) is 0 Å². The number of aliphatic hydroxyl groups excluding tert-OH is 1. The van der Waals surface area contributed by atoms with Crippen LogP contribution in [-0.4, -0.2) is 35.4 Å².